The summed E-state index contributed by atoms with van der Waals surface area (Å²) in [6.45, 7) is 7.87. The standard InChI is InChI=1S/C12H21NO2/c1-11(2)5-6-13(8-11)9-12(3-4-12)7-10(14)15/h3-9H2,1-2H3,(H,14,15). The lowest BCUT2D eigenvalue weighted by atomic mass is 9.93. The van der Waals surface area contributed by atoms with Crippen LogP contribution in [-0.2, 0) is 4.79 Å². The summed E-state index contributed by atoms with van der Waals surface area (Å²) in [6, 6.07) is 0. The zero-order valence-corrected chi connectivity index (χ0v) is 9.75. The lowest BCUT2D eigenvalue weighted by Crippen LogP contribution is -2.31. The first-order valence-electron chi connectivity index (χ1n) is 5.85. The molecule has 0 unspecified atom stereocenters. The highest BCUT2D eigenvalue weighted by molar-refractivity contribution is 5.68. The van der Waals surface area contributed by atoms with E-state index in [1.807, 2.05) is 0 Å². The van der Waals surface area contributed by atoms with Gasteiger partial charge in [-0.3, -0.25) is 4.79 Å². The van der Waals surface area contributed by atoms with Crippen LogP contribution in [0.5, 0.6) is 0 Å². The van der Waals surface area contributed by atoms with Crippen LogP contribution in [0, 0.1) is 10.8 Å². The fraction of sp³-hybridized carbons (Fsp3) is 0.917. The summed E-state index contributed by atoms with van der Waals surface area (Å²) in [7, 11) is 0. The molecule has 0 atom stereocenters. The highest BCUT2D eigenvalue weighted by atomic mass is 16.4. The lowest BCUT2D eigenvalue weighted by Gasteiger charge is -2.23. The van der Waals surface area contributed by atoms with E-state index in [4.69, 9.17) is 5.11 Å². The molecule has 1 heterocycles. The van der Waals surface area contributed by atoms with E-state index in [1.165, 1.54) is 6.42 Å². The third-order valence-corrected chi connectivity index (χ3v) is 3.80. The van der Waals surface area contributed by atoms with Crippen molar-refractivity contribution >= 4 is 5.97 Å². The van der Waals surface area contributed by atoms with Gasteiger partial charge >= 0.3 is 5.97 Å². The topological polar surface area (TPSA) is 40.5 Å². The van der Waals surface area contributed by atoms with Crippen molar-refractivity contribution in [3.05, 3.63) is 0 Å². The van der Waals surface area contributed by atoms with E-state index in [9.17, 15) is 4.79 Å². The molecule has 0 amide bonds. The zero-order valence-electron chi connectivity index (χ0n) is 9.75. The molecule has 0 aromatic heterocycles. The molecule has 0 bridgehead atoms. The Morgan fingerprint density at radius 3 is 2.40 bits per heavy atom. The number of hydrogen-bond donors (Lipinski definition) is 1. The minimum Gasteiger partial charge on any atom is -0.481 e. The number of carboxylic acids is 1. The maximum atomic E-state index is 10.7. The second kappa shape index (κ2) is 3.48. The first-order valence-corrected chi connectivity index (χ1v) is 5.85. The van der Waals surface area contributed by atoms with Gasteiger partial charge in [0.15, 0.2) is 0 Å². The SMILES string of the molecule is CC1(C)CCN(CC2(CC(=O)O)CC2)C1. The highest BCUT2D eigenvalue weighted by Crippen LogP contribution is 2.50. The molecule has 1 aliphatic heterocycles. The fourth-order valence-corrected chi connectivity index (χ4v) is 2.72. The molecule has 15 heavy (non-hydrogen) atoms. The van der Waals surface area contributed by atoms with Crippen LogP contribution in [0.25, 0.3) is 0 Å². The quantitative estimate of drug-likeness (QED) is 0.773. The van der Waals surface area contributed by atoms with Crippen molar-refractivity contribution in [2.75, 3.05) is 19.6 Å². The van der Waals surface area contributed by atoms with Gasteiger partial charge in [-0.1, -0.05) is 13.8 Å². The molecule has 0 aromatic rings. The Morgan fingerprint density at radius 2 is 2.00 bits per heavy atom. The molecule has 0 radical (unpaired) electrons. The van der Waals surface area contributed by atoms with E-state index in [0.29, 0.717) is 11.8 Å². The van der Waals surface area contributed by atoms with Gasteiger partial charge in [-0.25, -0.2) is 0 Å². The number of nitrogens with zero attached hydrogens (tertiary/aromatic N) is 1. The Bertz CT molecular complexity index is 269. The molecule has 1 saturated carbocycles. The van der Waals surface area contributed by atoms with Gasteiger partial charge in [-0.05, 0) is 36.6 Å². The normalized spacial score (nSPS) is 27.9. The number of hydrogen-bond acceptors (Lipinski definition) is 2. The van der Waals surface area contributed by atoms with Gasteiger partial charge in [0.25, 0.3) is 0 Å². The summed E-state index contributed by atoms with van der Waals surface area (Å²) in [5.74, 6) is -0.633. The van der Waals surface area contributed by atoms with E-state index in [1.54, 1.807) is 0 Å². The Morgan fingerprint density at radius 1 is 1.33 bits per heavy atom. The molecule has 1 saturated heterocycles. The number of carbonyl (C=O) groups is 1. The summed E-state index contributed by atoms with van der Waals surface area (Å²) < 4.78 is 0. The summed E-state index contributed by atoms with van der Waals surface area (Å²) >= 11 is 0. The van der Waals surface area contributed by atoms with Crippen molar-refractivity contribution in [3.8, 4) is 0 Å². The molecule has 86 valence electrons. The van der Waals surface area contributed by atoms with Crippen molar-refractivity contribution < 1.29 is 9.90 Å². The molecule has 2 rings (SSSR count). The van der Waals surface area contributed by atoms with Gasteiger partial charge in [-0.2, -0.15) is 0 Å². The van der Waals surface area contributed by atoms with Gasteiger partial charge in [0.2, 0.25) is 0 Å². The van der Waals surface area contributed by atoms with Crippen LogP contribution in [0.2, 0.25) is 0 Å². The Kier molecular flexibility index (Phi) is 2.53. The van der Waals surface area contributed by atoms with Crippen LogP contribution in [0.4, 0.5) is 0 Å². The largest absolute Gasteiger partial charge is 0.481 e. The van der Waals surface area contributed by atoms with Crippen molar-refractivity contribution in [1.82, 2.24) is 4.90 Å². The molecular formula is C12H21NO2. The Balaban J connectivity index is 1.85. The first-order chi connectivity index (χ1) is 6.91. The summed E-state index contributed by atoms with van der Waals surface area (Å²) in [5, 5.41) is 8.85. The fourth-order valence-electron chi connectivity index (χ4n) is 2.72. The minimum absolute atomic E-state index is 0.131. The zero-order chi connectivity index (χ0) is 11.1. The lowest BCUT2D eigenvalue weighted by molar-refractivity contribution is -0.138. The van der Waals surface area contributed by atoms with Gasteiger partial charge in [0.1, 0.15) is 0 Å². The highest BCUT2D eigenvalue weighted by Gasteiger charge is 2.46. The smallest absolute Gasteiger partial charge is 0.303 e. The van der Waals surface area contributed by atoms with E-state index in [-0.39, 0.29) is 5.41 Å². The third kappa shape index (κ3) is 2.71. The minimum atomic E-state index is -0.633. The molecule has 1 aliphatic carbocycles. The Labute approximate surface area is 91.5 Å². The van der Waals surface area contributed by atoms with Crippen LogP contribution >= 0.6 is 0 Å². The molecular weight excluding hydrogens is 190 g/mol. The second-order valence-corrected chi connectivity index (χ2v) is 6.20. The maximum Gasteiger partial charge on any atom is 0.303 e. The molecule has 1 N–H and O–H groups in total. The number of rotatable bonds is 4. The molecule has 2 fully saturated rings. The van der Waals surface area contributed by atoms with Crippen molar-refractivity contribution in [2.24, 2.45) is 10.8 Å². The van der Waals surface area contributed by atoms with Gasteiger partial charge in [-0.15, -0.1) is 0 Å². The van der Waals surface area contributed by atoms with E-state index >= 15 is 0 Å². The maximum absolute atomic E-state index is 10.7. The molecule has 0 spiro atoms. The van der Waals surface area contributed by atoms with Crippen molar-refractivity contribution in [1.29, 1.82) is 0 Å². The number of aliphatic carboxylic acids is 1. The van der Waals surface area contributed by atoms with Gasteiger partial charge in [0, 0.05) is 13.1 Å². The Hall–Kier alpha value is -0.570. The summed E-state index contributed by atoms with van der Waals surface area (Å²) in [5.41, 5.74) is 0.561. The molecule has 3 heteroatoms. The average molecular weight is 211 g/mol. The van der Waals surface area contributed by atoms with E-state index in [2.05, 4.69) is 18.7 Å². The van der Waals surface area contributed by atoms with Crippen LogP contribution in [0.1, 0.15) is 39.5 Å². The predicted molar refractivity (Wildman–Crippen MR) is 58.8 cm³/mol. The summed E-state index contributed by atoms with van der Waals surface area (Å²) in [6.07, 6.45) is 3.83. The third-order valence-electron chi connectivity index (χ3n) is 3.80. The molecule has 2 aliphatic rings. The summed E-state index contributed by atoms with van der Waals surface area (Å²) in [4.78, 5) is 13.2. The van der Waals surface area contributed by atoms with Crippen molar-refractivity contribution in [2.45, 2.75) is 39.5 Å². The van der Waals surface area contributed by atoms with Crippen LogP contribution in [0.3, 0.4) is 0 Å². The van der Waals surface area contributed by atoms with Crippen LogP contribution in [0.15, 0.2) is 0 Å². The monoisotopic (exact) mass is 211 g/mol. The van der Waals surface area contributed by atoms with Crippen LogP contribution < -0.4 is 0 Å². The number of likely N-dealkylation sites (tertiary alicyclic amines) is 1. The average Bonchev–Trinajstić information content (AvgIpc) is 2.70. The van der Waals surface area contributed by atoms with Crippen LogP contribution in [-0.4, -0.2) is 35.6 Å². The number of carboxylic acid groups (broad SMARTS) is 1. The predicted octanol–water partition coefficient (Wildman–Crippen LogP) is 1.97. The van der Waals surface area contributed by atoms with Gasteiger partial charge < -0.3 is 10.0 Å². The second-order valence-electron chi connectivity index (χ2n) is 6.20. The first kappa shape index (κ1) is 10.9. The molecule has 0 aromatic carbocycles. The van der Waals surface area contributed by atoms with Crippen molar-refractivity contribution in [3.63, 3.8) is 0 Å². The van der Waals surface area contributed by atoms with Gasteiger partial charge in [0.05, 0.1) is 6.42 Å². The molecule has 3 nitrogen and oxygen atoms in total. The van der Waals surface area contributed by atoms with E-state index in [0.717, 1.165) is 32.5 Å². The van der Waals surface area contributed by atoms with E-state index < -0.39 is 5.97 Å².